The van der Waals surface area contributed by atoms with Crippen LogP contribution in [0.4, 0.5) is 13.2 Å². The van der Waals surface area contributed by atoms with Crippen LogP contribution < -0.4 is 5.73 Å². The standard InChI is InChI=1S/C9H14F3NO2/c10-9(11,12)7(14)5-3-1-2-4-6-8(13)15/h1-6H2,(H2,13,15). The lowest BCUT2D eigenvalue weighted by atomic mass is 10.1. The summed E-state index contributed by atoms with van der Waals surface area (Å²) in [6.07, 6.45) is -3.05. The van der Waals surface area contributed by atoms with Crippen LogP contribution in [-0.2, 0) is 9.59 Å². The molecule has 0 radical (unpaired) electrons. The van der Waals surface area contributed by atoms with Crippen molar-refractivity contribution in [3.05, 3.63) is 0 Å². The Hall–Kier alpha value is -1.07. The summed E-state index contributed by atoms with van der Waals surface area (Å²) in [7, 11) is 0. The number of ketones is 1. The van der Waals surface area contributed by atoms with Crippen molar-refractivity contribution in [1.82, 2.24) is 0 Å². The van der Waals surface area contributed by atoms with Crippen molar-refractivity contribution in [2.24, 2.45) is 5.73 Å². The predicted octanol–water partition coefficient (Wildman–Crippen LogP) is 1.94. The molecule has 2 N–H and O–H groups in total. The summed E-state index contributed by atoms with van der Waals surface area (Å²) in [4.78, 5) is 20.7. The minimum Gasteiger partial charge on any atom is -0.370 e. The van der Waals surface area contributed by atoms with Crippen molar-refractivity contribution in [1.29, 1.82) is 0 Å². The summed E-state index contributed by atoms with van der Waals surface area (Å²) >= 11 is 0. The number of carbonyl (C=O) groups is 2. The van der Waals surface area contributed by atoms with E-state index in [2.05, 4.69) is 0 Å². The second kappa shape index (κ2) is 6.42. The molecule has 0 aliphatic heterocycles. The molecule has 3 nitrogen and oxygen atoms in total. The Balaban J connectivity index is 3.40. The van der Waals surface area contributed by atoms with Crippen LogP contribution >= 0.6 is 0 Å². The van der Waals surface area contributed by atoms with E-state index in [0.717, 1.165) is 0 Å². The lowest BCUT2D eigenvalue weighted by Gasteiger charge is -2.04. The number of primary amides is 1. The first-order chi connectivity index (χ1) is 6.84. The number of halogens is 3. The van der Waals surface area contributed by atoms with E-state index in [1.54, 1.807) is 0 Å². The van der Waals surface area contributed by atoms with E-state index < -0.39 is 24.3 Å². The fourth-order valence-electron chi connectivity index (χ4n) is 1.08. The van der Waals surface area contributed by atoms with Crippen LogP contribution in [0.2, 0.25) is 0 Å². The molecule has 0 bridgehead atoms. The van der Waals surface area contributed by atoms with Gasteiger partial charge in [-0.2, -0.15) is 13.2 Å². The SMILES string of the molecule is NC(=O)CCCCCCC(=O)C(F)(F)F. The quantitative estimate of drug-likeness (QED) is 0.673. The number of alkyl halides is 3. The summed E-state index contributed by atoms with van der Waals surface area (Å²) in [6, 6.07) is 0. The maximum Gasteiger partial charge on any atom is 0.449 e. The molecule has 0 aromatic rings. The fraction of sp³-hybridized carbons (Fsp3) is 0.778. The highest BCUT2D eigenvalue weighted by atomic mass is 19.4. The molecule has 0 unspecified atom stereocenters. The van der Waals surface area contributed by atoms with Gasteiger partial charge in [-0.05, 0) is 12.8 Å². The van der Waals surface area contributed by atoms with Gasteiger partial charge < -0.3 is 5.73 Å². The summed E-state index contributed by atoms with van der Waals surface area (Å²) < 4.78 is 35.2. The summed E-state index contributed by atoms with van der Waals surface area (Å²) in [6.45, 7) is 0. The van der Waals surface area contributed by atoms with Gasteiger partial charge in [0.15, 0.2) is 0 Å². The second-order valence-corrected chi connectivity index (χ2v) is 3.30. The van der Waals surface area contributed by atoms with Crippen LogP contribution in [0, 0.1) is 0 Å². The Morgan fingerprint density at radius 1 is 0.933 bits per heavy atom. The number of carbonyl (C=O) groups excluding carboxylic acids is 2. The number of hydrogen-bond donors (Lipinski definition) is 1. The maximum absolute atomic E-state index is 11.7. The topological polar surface area (TPSA) is 60.2 Å². The zero-order valence-corrected chi connectivity index (χ0v) is 8.27. The lowest BCUT2D eigenvalue weighted by molar-refractivity contribution is -0.171. The third kappa shape index (κ3) is 7.96. The van der Waals surface area contributed by atoms with Gasteiger partial charge in [0.1, 0.15) is 0 Å². The Kier molecular flexibility index (Phi) is 5.96. The average molecular weight is 225 g/mol. The molecule has 1 amide bonds. The van der Waals surface area contributed by atoms with Gasteiger partial charge in [-0.15, -0.1) is 0 Å². The molecule has 0 saturated carbocycles. The van der Waals surface area contributed by atoms with Crippen LogP contribution in [-0.4, -0.2) is 17.9 Å². The molecule has 0 aromatic carbocycles. The van der Waals surface area contributed by atoms with E-state index in [4.69, 9.17) is 5.73 Å². The van der Waals surface area contributed by atoms with Gasteiger partial charge in [0.2, 0.25) is 11.7 Å². The highest BCUT2D eigenvalue weighted by Crippen LogP contribution is 2.19. The molecule has 0 aromatic heterocycles. The van der Waals surface area contributed by atoms with E-state index in [1.165, 1.54) is 0 Å². The van der Waals surface area contributed by atoms with Gasteiger partial charge in [0.25, 0.3) is 0 Å². The molecule has 15 heavy (non-hydrogen) atoms. The molecule has 0 spiro atoms. The molecular formula is C9H14F3NO2. The molecular weight excluding hydrogens is 211 g/mol. The number of rotatable bonds is 7. The first-order valence-electron chi connectivity index (χ1n) is 4.72. The summed E-state index contributed by atoms with van der Waals surface area (Å²) in [5.74, 6) is -2.10. The average Bonchev–Trinajstić information content (AvgIpc) is 2.08. The van der Waals surface area contributed by atoms with E-state index in [-0.39, 0.29) is 12.8 Å². The van der Waals surface area contributed by atoms with Crippen molar-refractivity contribution in [2.45, 2.75) is 44.7 Å². The van der Waals surface area contributed by atoms with Gasteiger partial charge in [0.05, 0.1) is 0 Å². The predicted molar refractivity (Wildman–Crippen MR) is 48.0 cm³/mol. The summed E-state index contributed by atoms with van der Waals surface area (Å²) in [5, 5.41) is 0. The Morgan fingerprint density at radius 2 is 1.40 bits per heavy atom. The van der Waals surface area contributed by atoms with Crippen LogP contribution in [0.3, 0.4) is 0 Å². The van der Waals surface area contributed by atoms with Crippen molar-refractivity contribution < 1.29 is 22.8 Å². The van der Waals surface area contributed by atoms with Gasteiger partial charge in [-0.3, -0.25) is 9.59 Å². The largest absolute Gasteiger partial charge is 0.449 e. The highest BCUT2D eigenvalue weighted by molar-refractivity contribution is 5.83. The number of nitrogens with two attached hydrogens (primary N) is 1. The van der Waals surface area contributed by atoms with Crippen LogP contribution in [0.25, 0.3) is 0 Å². The minimum atomic E-state index is -4.72. The second-order valence-electron chi connectivity index (χ2n) is 3.30. The summed E-state index contributed by atoms with van der Waals surface area (Å²) in [5.41, 5.74) is 4.87. The molecule has 0 atom stereocenters. The van der Waals surface area contributed by atoms with E-state index >= 15 is 0 Å². The smallest absolute Gasteiger partial charge is 0.370 e. The zero-order valence-electron chi connectivity index (χ0n) is 8.27. The van der Waals surface area contributed by atoms with E-state index in [0.29, 0.717) is 19.3 Å². The zero-order chi connectivity index (χ0) is 11.9. The molecule has 88 valence electrons. The Morgan fingerprint density at radius 3 is 1.80 bits per heavy atom. The molecule has 0 rings (SSSR count). The third-order valence-electron chi connectivity index (χ3n) is 1.89. The maximum atomic E-state index is 11.7. The van der Waals surface area contributed by atoms with Crippen molar-refractivity contribution in [2.75, 3.05) is 0 Å². The number of unbranched alkanes of at least 4 members (excludes halogenated alkanes) is 3. The van der Waals surface area contributed by atoms with Crippen molar-refractivity contribution in [3.8, 4) is 0 Å². The van der Waals surface area contributed by atoms with Crippen molar-refractivity contribution >= 4 is 11.7 Å². The van der Waals surface area contributed by atoms with Gasteiger partial charge in [0, 0.05) is 12.8 Å². The number of hydrogen-bond acceptors (Lipinski definition) is 2. The van der Waals surface area contributed by atoms with Crippen molar-refractivity contribution in [3.63, 3.8) is 0 Å². The molecule has 0 fully saturated rings. The molecule has 0 aliphatic rings. The molecule has 0 heterocycles. The minimum absolute atomic E-state index is 0.205. The van der Waals surface area contributed by atoms with Crippen LogP contribution in [0.5, 0.6) is 0 Å². The fourth-order valence-corrected chi connectivity index (χ4v) is 1.08. The molecule has 0 saturated heterocycles. The normalized spacial score (nSPS) is 11.4. The Labute approximate surface area is 85.8 Å². The van der Waals surface area contributed by atoms with Gasteiger partial charge >= 0.3 is 6.18 Å². The van der Waals surface area contributed by atoms with E-state index in [9.17, 15) is 22.8 Å². The first kappa shape index (κ1) is 13.9. The monoisotopic (exact) mass is 225 g/mol. The van der Waals surface area contributed by atoms with E-state index in [1.807, 2.05) is 0 Å². The van der Waals surface area contributed by atoms with Gasteiger partial charge in [-0.1, -0.05) is 12.8 Å². The first-order valence-corrected chi connectivity index (χ1v) is 4.72. The third-order valence-corrected chi connectivity index (χ3v) is 1.89. The Bertz CT molecular complexity index is 226. The molecule has 0 aliphatic carbocycles. The van der Waals surface area contributed by atoms with Crippen LogP contribution in [0.15, 0.2) is 0 Å². The highest BCUT2D eigenvalue weighted by Gasteiger charge is 2.36. The molecule has 6 heteroatoms. The number of Topliss-reactive ketones (excluding diaryl/α,β-unsaturated/α-hetero) is 1. The lowest BCUT2D eigenvalue weighted by Crippen LogP contribution is -2.22. The van der Waals surface area contributed by atoms with Gasteiger partial charge in [-0.25, -0.2) is 0 Å². The number of amides is 1. The van der Waals surface area contributed by atoms with Crippen LogP contribution in [0.1, 0.15) is 38.5 Å².